The molecule has 1 aromatic carbocycles. The first-order chi connectivity index (χ1) is 11.7. The quantitative estimate of drug-likeness (QED) is 0.784. The zero-order valence-electron chi connectivity index (χ0n) is 14.1. The molecule has 5 rings (SSSR count). The molecule has 0 N–H and O–H groups in total. The van der Waals surface area contributed by atoms with Crippen molar-refractivity contribution in [3.63, 3.8) is 0 Å². The number of piperidine rings is 1. The summed E-state index contributed by atoms with van der Waals surface area (Å²) in [6.07, 6.45) is 6.75. The van der Waals surface area contributed by atoms with E-state index >= 15 is 0 Å². The van der Waals surface area contributed by atoms with Crippen LogP contribution in [0.15, 0.2) is 36.0 Å². The van der Waals surface area contributed by atoms with Crippen LogP contribution in [0.4, 0.5) is 10.5 Å². The molecule has 0 aromatic heterocycles. The van der Waals surface area contributed by atoms with Crippen LogP contribution < -0.4 is 4.90 Å². The smallest absolute Gasteiger partial charge is 0.418 e. The molecule has 3 aliphatic heterocycles. The molecule has 1 unspecified atom stereocenters. The van der Waals surface area contributed by atoms with Gasteiger partial charge in [-0.1, -0.05) is 24.3 Å². The molecule has 5 heteroatoms. The van der Waals surface area contributed by atoms with Crippen LogP contribution in [-0.4, -0.2) is 48.7 Å². The van der Waals surface area contributed by atoms with Gasteiger partial charge in [-0.3, -0.25) is 4.90 Å². The van der Waals surface area contributed by atoms with Gasteiger partial charge in [0.05, 0.1) is 18.2 Å². The highest BCUT2D eigenvalue weighted by molar-refractivity contribution is 7.99. The molecule has 24 heavy (non-hydrogen) atoms. The van der Waals surface area contributed by atoms with Crippen molar-refractivity contribution in [2.24, 2.45) is 5.92 Å². The number of thioether (sulfide) groups is 1. The average molecular weight is 342 g/mol. The predicted octanol–water partition coefficient (Wildman–Crippen LogP) is 3.23. The highest BCUT2D eigenvalue weighted by Crippen LogP contribution is 2.62. The minimum atomic E-state index is -0.260. The Bertz CT molecular complexity index is 749. The normalized spacial score (nSPS) is 36.2. The first-order valence-corrected chi connectivity index (χ1v) is 9.97. The molecule has 126 valence electrons. The molecule has 4 aliphatic rings. The highest BCUT2D eigenvalue weighted by atomic mass is 32.2. The Hall–Kier alpha value is -1.46. The molecule has 2 saturated heterocycles. The Morgan fingerprint density at radius 3 is 3.00 bits per heavy atom. The number of para-hydroxylation sites is 1. The monoisotopic (exact) mass is 342 g/mol. The maximum Gasteiger partial charge on any atom is 0.418 e. The molecule has 4 atom stereocenters. The van der Waals surface area contributed by atoms with Crippen LogP contribution in [-0.2, 0) is 10.2 Å². The lowest BCUT2D eigenvalue weighted by atomic mass is 9.65. The molecule has 0 radical (unpaired) electrons. The Kier molecular flexibility index (Phi) is 3.11. The number of carbonyl (C=O) groups excluding carboxylic acids is 1. The van der Waals surface area contributed by atoms with Crippen LogP contribution in [0, 0.1) is 5.92 Å². The summed E-state index contributed by atoms with van der Waals surface area (Å²) in [4.78, 5) is 17.2. The van der Waals surface area contributed by atoms with Gasteiger partial charge < -0.3 is 4.74 Å². The number of fused-ring (bicyclic) bond motifs is 2. The summed E-state index contributed by atoms with van der Waals surface area (Å²) in [5.74, 6) is 0.580. The summed E-state index contributed by atoms with van der Waals surface area (Å²) >= 11 is 1.95. The molecule has 2 fully saturated rings. The molecule has 1 amide bonds. The van der Waals surface area contributed by atoms with Gasteiger partial charge in [-0.25, -0.2) is 9.69 Å². The third kappa shape index (κ3) is 1.58. The van der Waals surface area contributed by atoms with E-state index in [2.05, 4.69) is 35.4 Å². The Balaban J connectivity index is 1.82. The third-order valence-electron chi connectivity index (χ3n) is 6.48. The molecule has 1 aliphatic carbocycles. The van der Waals surface area contributed by atoms with E-state index in [9.17, 15) is 4.79 Å². The summed E-state index contributed by atoms with van der Waals surface area (Å²) in [6.45, 7) is 2.29. The van der Waals surface area contributed by atoms with E-state index in [1.807, 2.05) is 22.7 Å². The van der Waals surface area contributed by atoms with Crippen LogP contribution in [0.25, 0.3) is 0 Å². The van der Waals surface area contributed by atoms with Gasteiger partial charge in [-0.2, -0.15) is 11.8 Å². The van der Waals surface area contributed by atoms with E-state index in [4.69, 9.17) is 4.74 Å². The molecule has 1 aromatic rings. The summed E-state index contributed by atoms with van der Waals surface area (Å²) in [5, 5.41) is 0.476. The Morgan fingerprint density at radius 1 is 1.38 bits per heavy atom. The van der Waals surface area contributed by atoms with E-state index in [1.165, 1.54) is 37.8 Å². The third-order valence-corrected chi connectivity index (χ3v) is 7.57. The fraction of sp³-hybridized carbons (Fsp3) is 0.526. The van der Waals surface area contributed by atoms with Crippen molar-refractivity contribution >= 4 is 23.5 Å². The van der Waals surface area contributed by atoms with Crippen molar-refractivity contribution < 1.29 is 9.53 Å². The van der Waals surface area contributed by atoms with E-state index in [-0.39, 0.29) is 11.5 Å². The van der Waals surface area contributed by atoms with Gasteiger partial charge in [0.2, 0.25) is 0 Å². The number of allylic oxidation sites excluding steroid dienone is 1. The number of hydrogen-bond donors (Lipinski definition) is 0. The maximum atomic E-state index is 12.7. The number of methoxy groups -OCH3 is 1. The first-order valence-electron chi connectivity index (χ1n) is 8.68. The largest absolute Gasteiger partial charge is 0.452 e. The predicted molar refractivity (Wildman–Crippen MR) is 96.5 cm³/mol. The Labute approximate surface area is 146 Å². The second-order valence-corrected chi connectivity index (χ2v) is 8.30. The van der Waals surface area contributed by atoms with Gasteiger partial charge in [-0.05, 0) is 43.2 Å². The number of benzene rings is 1. The van der Waals surface area contributed by atoms with Crippen molar-refractivity contribution in [2.75, 3.05) is 31.4 Å². The van der Waals surface area contributed by atoms with E-state index in [0.717, 1.165) is 12.2 Å². The lowest BCUT2D eigenvalue weighted by molar-refractivity contribution is 0.131. The molecular weight excluding hydrogens is 320 g/mol. The number of hydrogen-bond acceptors (Lipinski definition) is 4. The second kappa shape index (κ2) is 5.02. The van der Waals surface area contributed by atoms with Crippen molar-refractivity contribution in [2.45, 2.75) is 29.5 Å². The van der Waals surface area contributed by atoms with Crippen molar-refractivity contribution in [3.8, 4) is 0 Å². The maximum absolute atomic E-state index is 12.7. The molecule has 3 heterocycles. The minimum Gasteiger partial charge on any atom is -0.452 e. The van der Waals surface area contributed by atoms with Gasteiger partial charge in [-0.15, -0.1) is 0 Å². The molecule has 0 saturated carbocycles. The molecular formula is C19H22N2O2S. The molecule has 1 spiro atoms. The fourth-order valence-corrected chi connectivity index (χ4v) is 6.72. The van der Waals surface area contributed by atoms with Crippen LogP contribution >= 0.6 is 11.8 Å². The van der Waals surface area contributed by atoms with Crippen LogP contribution in [0.2, 0.25) is 0 Å². The van der Waals surface area contributed by atoms with Gasteiger partial charge >= 0.3 is 6.09 Å². The number of rotatable bonds is 1. The lowest BCUT2D eigenvalue weighted by Gasteiger charge is -2.47. The summed E-state index contributed by atoms with van der Waals surface area (Å²) in [7, 11) is 1.48. The first kappa shape index (κ1) is 14.8. The van der Waals surface area contributed by atoms with Crippen LogP contribution in [0.3, 0.4) is 0 Å². The van der Waals surface area contributed by atoms with E-state index < -0.39 is 0 Å². The second-order valence-electron chi connectivity index (χ2n) is 7.26. The SMILES string of the molecule is COC(=O)N1C2=C[C@@H]3CCN4C[C@@H](SC)C2(c2ccccc21)[C@@H]4C3. The number of anilines is 1. The van der Waals surface area contributed by atoms with E-state index in [0.29, 0.717) is 17.2 Å². The zero-order valence-corrected chi connectivity index (χ0v) is 14.9. The van der Waals surface area contributed by atoms with Gasteiger partial charge in [0.25, 0.3) is 0 Å². The summed E-state index contributed by atoms with van der Waals surface area (Å²) in [5.41, 5.74) is 3.44. The number of carbonyl (C=O) groups is 1. The number of nitrogens with zero attached hydrogens (tertiary/aromatic N) is 2. The average Bonchev–Trinajstić information content (AvgIpc) is 3.12. The van der Waals surface area contributed by atoms with Crippen molar-refractivity contribution in [1.82, 2.24) is 4.90 Å². The number of amides is 1. The number of ether oxygens (including phenoxy) is 1. The van der Waals surface area contributed by atoms with Crippen LogP contribution in [0.1, 0.15) is 18.4 Å². The van der Waals surface area contributed by atoms with Gasteiger partial charge in [0, 0.05) is 23.5 Å². The van der Waals surface area contributed by atoms with Gasteiger partial charge in [0.1, 0.15) is 0 Å². The Morgan fingerprint density at radius 2 is 2.21 bits per heavy atom. The van der Waals surface area contributed by atoms with Crippen molar-refractivity contribution in [1.29, 1.82) is 0 Å². The summed E-state index contributed by atoms with van der Waals surface area (Å²) in [6, 6.07) is 8.94. The minimum absolute atomic E-state index is 0.0683. The fourth-order valence-electron chi connectivity index (χ4n) is 5.60. The van der Waals surface area contributed by atoms with Crippen molar-refractivity contribution in [3.05, 3.63) is 41.6 Å². The van der Waals surface area contributed by atoms with Crippen LogP contribution in [0.5, 0.6) is 0 Å². The molecule has 4 nitrogen and oxygen atoms in total. The topological polar surface area (TPSA) is 32.8 Å². The van der Waals surface area contributed by atoms with E-state index in [1.54, 1.807) is 0 Å². The summed E-state index contributed by atoms with van der Waals surface area (Å²) < 4.78 is 5.16. The lowest BCUT2D eigenvalue weighted by Crippen LogP contribution is -2.53. The zero-order chi connectivity index (χ0) is 16.5. The molecule has 2 bridgehead atoms. The standard InChI is InChI=1S/C19H22N2O2S/c1-23-18(22)21-14-6-4-3-5-13(14)19-15-9-12(10-16(19)21)7-8-20(15)11-17(19)24-2/h3-6,10,12,15,17H,7-9,11H2,1-2H3/t12-,15+,17-,19?/m1/s1. The van der Waals surface area contributed by atoms with Gasteiger partial charge in [0.15, 0.2) is 0 Å². The highest BCUT2D eigenvalue weighted by Gasteiger charge is 2.65.